The summed E-state index contributed by atoms with van der Waals surface area (Å²) in [7, 11) is 0. The zero-order valence-corrected chi connectivity index (χ0v) is 16.1. The summed E-state index contributed by atoms with van der Waals surface area (Å²) in [5, 5.41) is 1.75. The van der Waals surface area contributed by atoms with E-state index in [-0.39, 0.29) is 24.8 Å². The van der Waals surface area contributed by atoms with Crippen LogP contribution in [0.5, 0.6) is 0 Å². The van der Waals surface area contributed by atoms with Crippen LogP contribution in [-0.2, 0) is 17.9 Å². The quantitative estimate of drug-likeness (QED) is 0.675. The van der Waals surface area contributed by atoms with E-state index in [1.165, 1.54) is 28.0 Å². The number of rotatable bonds is 4. The maximum absolute atomic E-state index is 13.2. The minimum atomic E-state index is -0.523. The van der Waals surface area contributed by atoms with Crippen LogP contribution >= 0.6 is 11.3 Å². The molecule has 0 atom stereocenters. The lowest BCUT2D eigenvalue weighted by atomic mass is 10.1. The second-order valence-electron chi connectivity index (χ2n) is 6.96. The predicted molar refractivity (Wildman–Crippen MR) is 106 cm³/mol. The molecule has 2 aromatic heterocycles. The van der Waals surface area contributed by atoms with Gasteiger partial charge in [0.15, 0.2) is 0 Å². The highest BCUT2D eigenvalue weighted by atomic mass is 32.1. The highest BCUT2D eigenvalue weighted by Gasteiger charge is 2.21. The van der Waals surface area contributed by atoms with Crippen molar-refractivity contribution < 1.29 is 9.18 Å². The van der Waals surface area contributed by atoms with Crippen molar-refractivity contribution in [3.05, 3.63) is 67.9 Å². The van der Waals surface area contributed by atoms with Gasteiger partial charge in [0.2, 0.25) is 5.91 Å². The Kier molecular flexibility index (Phi) is 5.13. The number of piperidine rings is 1. The van der Waals surface area contributed by atoms with Crippen LogP contribution in [0.4, 0.5) is 4.39 Å². The molecule has 6 nitrogen and oxygen atoms in total. The number of amides is 1. The molecule has 1 aliphatic heterocycles. The first-order valence-electron chi connectivity index (χ1n) is 9.27. The van der Waals surface area contributed by atoms with Gasteiger partial charge < -0.3 is 4.90 Å². The molecule has 1 aliphatic rings. The topological polar surface area (TPSA) is 64.3 Å². The van der Waals surface area contributed by atoms with E-state index in [0.717, 1.165) is 29.4 Å². The molecule has 4 rings (SSSR count). The Hall–Kier alpha value is -2.74. The zero-order chi connectivity index (χ0) is 19.7. The molecule has 1 saturated heterocycles. The lowest BCUT2D eigenvalue weighted by molar-refractivity contribution is -0.132. The van der Waals surface area contributed by atoms with Crippen molar-refractivity contribution in [2.45, 2.75) is 32.4 Å². The third-order valence-corrected chi connectivity index (χ3v) is 5.98. The Bertz CT molecular complexity index is 1120. The molecule has 0 saturated carbocycles. The average Bonchev–Trinajstić information content (AvgIpc) is 3.20. The van der Waals surface area contributed by atoms with Crippen LogP contribution in [0.25, 0.3) is 10.2 Å². The van der Waals surface area contributed by atoms with E-state index < -0.39 is 11.2 Å². The molecule has 0 aliphatic carbocycles. The molecule has 1 aromatic carbocycles. The number of halogens is 1. The largest absolute Gasteiger partial charge is 0.341 e. The van der Waals surface area contributed by atoms with Crippen molar-refractivity contribution in [1.82, 2.24) is 14.0 Å². The Labute approximate surface area is 164 Å². The van der Waals surface area contributed by atoms with Crippen molar-refractivity contribution >= 4 is 27.5 Å². The Morgan fingerprint density at radius 1 is 1.00 bits per heavy atom. The number of fused-ring (bicyclic) bond motifs is 1. The van der Waals surface area contributed by atoms with Gasteiger partial charge in [-0.1, -0.05) is 12.1 Å². The Morgan fingerprint density at radius 3 is 2.43 bits per heavy atom. The van der Waals surface area contributed by atoms with Gasteiger partial charge in [-0.2, -0.15) is 0 Å². The molecule has 0 radical (unpaired) electrons. The van der Waals surface area contributed by atoms with Gasteiger partial charge in [0, 0.05) is 13.1 Å². The van der Waals surface area contributed by atoms with Crippen molar-refractivity contribution in [1.29, 1.82) is 0 Å². The SMILES string of the molecule is O=C(Cn1c(=O)c2sccc2n(Cc2ccc(F)cc2)c1=O)N1CCCCC1. The summed E-state index contributed by atoms with van der Waals surface area (Å²) >= 11 is 1.25. The second-order valence-corrected chi connectivity index (χ2v) is 7.88. The fourth-order valence-electron chi connectivity index (χ4n) is 3.58. The van der Waals surface area contributed by atoms with Crippen LogP contribution in [0.1, 0.15) is 24.8 Å². The van der Waals surface area contributed by atoms with Crippen LogP contribution in [0.3, 0.4) is 0 Å². The number of nitrogens with zero attached hydrogens (tertiary/aromatic N) is 3. The molecule has 0 spiro atoms. The third kappa shape index (κ3) is 3.52. The Morgan fingerprint density at radius 2 is 1.71 bits per heavy atom. The normalized spacial score (nSPS) is 14.5. The van der Waals surface area contributed by atoms with Crippen LogP contribution in [-0.4, -0.2) is 33.0 Å². The smallest absolute Gasteiger partial charge is 0.332 e. The Balaban J connectivity index is 1.74. The first-order chi connectivity index (χ1) is 13.5. The highest BCUT2D eigenvalue weighted by molar-refractivity contribution is 7.17. The molecular formula is C20H20FN3O3S. The van der Waals surface area contributed by atoms with Gasteiger partial charge in [-0.15, -0.1) is 11.3 Å². The molecule has 0 bridgehead atoms. The van der Waals surface area contributed by atoms with Gasteiger partial charge >= 0.3 is 5.69 Å². The molecule has 1 fully saturated rings. The minimum Gasteiger partial charge on any atom is -0.341 e. The summed E-state index contributed by atoms with van der Waals surface area (Å²) in [6.45, 7) is 1.27. The summed E-state index contributed by atoms with van der Waals surface area (Å²) in [6.07, 6.45) is 2.98. The summed E-state index contributed by atoms with van der Waals surface area (Å²) in [4.78, 5) is 40.2. The number of aromatic nitrogens is 2. The maximum atomic E-state index is 13.2. The standard InChI is InChI=1S/C20H20FN3O3S/c21-15-6-4-14(5-7-15)12-23-16-8-11-28-18(16)19(26)24(20(23)27)13-17(25)22-9-2-1-3-10-22/h4-8,11H,1-3,9-10,12-13H2. The second kappa shape index (κ2) is 7.71. The van der Waals surface area contributed by atoms with E-state index in [1.54, 1.807) is 28.5 Å². The van der Waals surface area contributed by atoms with E-state index in [1.807, 2.05) is 0 Å². The molecular weight excluding hydrogens is 381 g/mol. The lowest BCUT2D eigenvalue weighted by Gasteiger charge is -2.26. The third-order valence-electron chi connectivity index (χ3n) is 5.09. The van der Waals surface area contributed by atoms with Crippen molar-refractivity contribution in [2.24, 2.45) is 0 Å². The molecule has 8 heteroatoms. The molecule has 146 valence electrons. The van der Waals surface area contributed by atoms with Crippen LogP contribution < -0.4 is 11.2 Å². The molecule has 3 aromatic rings. The van der Waals surface area contributed by atoms with Crippen LogP contribution in [0.15, 0.2) is 45.3 Å². The first kappa shape index (κ1) is 18.6. The summed E-state index contributed by atoms with van der Waals surface area (Å²) in [6, 6.07) is 7.61. The fraction of sp³-hybridized carbons (Fsp3) is 0.350. The van der Waals surface area contributed by atoms with Gasteiger partial charge in [0.25, 0.3) is 5.56 Å². The summed E-state index contributed by atoms with van der Waals surface area (Å²) in [5.74, 6) is -0.558. The van der Waals surface area contributed by atoms with Crippen LogP contribution in [0, 0.1) is 5.82 Å². The van der Waals surface area contributed by atoms with E-state index in [2.05, 4.69) is 0 Å². The average molecular weight is 401 g/mol. The first-order valence-corrected chi connectivity index (χ1v) is 10.2. The van der Waals surface area contributed by atoms with Crippen molar-refractivity contribution in [3.8, 4) is 0 Å². The highest BCUT2D eigenvalue weighted by Crippen LogP contribution is 2.17. The summed E-state index contributed by atoms with van der Waals surface area (Å²) < 4.78 is 16.1. The number of likely N-dealkylation sites (tertiary alicyclic amines) is 1. The van der Waals surface area contributed by atoms with Crippen molar-refractivity contribution in [3.63, 3.8) is 0 Å². The van der Waals surface area contributed by atoms with Gasteiger partial charge in [-0.05, 0) is 48.4 Å². The molecule has 0 N–H and O–H groups in total. The number of carbonyl (C=O) groups is 1. The summed E-state index contributed by atoms with van der Waals surface area (Å²) in [5.41, 5.74) is 0.316. The maximum Gasteiger partial charge on any atom is 0.332 e. The minimum absolute atomic E-state index is 0.199. The van der Waals surface area contributed by atoms with E-state index in [0.29, 0.717) is 23.3 Å². The van der Waals surface area contributed by atoms with Gasteiger partial charge in [0.1, 0.15) is 17.1 Å². The fourth-order valence-corrected chi connectivity index (χ4v) is 4.42. The van der Waals surface area contributed by atoms with E-state index >= 15 is 0 Å². The molecule has 0 unspecified atom stereocenters. The number of hydrogen-bond acceptors (Lipinski definition) is 4. The molecule has 28 heavy (non-hydrogen) atoms. The van der Waals surface area contributed by atoms with E-state index in [9.17, 15) is 18.8 Å². The van der Waals surface area contributed by atoms with Crippen LogP contribution in [0.2, 0.25) is 0 Å². The van der Waals surface area contributed by atoms with E-state index in [4.69, 9.17) is 0 Å². The molecule has 1 amide bonds. The van der Waals surface area contributed by atoms with Crippen molar-refractivity contribution in [2.75, 3.05) is 13.1 Å². The number of hydrogen-bond donors (Lipinski definition) is 0. The number of carbonyl (C=O) groups excluding carboxylic acids is 1. The van der Waals surface area contributed by atoms with Gasteiger partial charge in [-0.3, -0.25) is 14.2 Å². The lowest BCUT2D eigenvalue weighted by Crippen LogP contribution is -2.45. The molecule has 3 heterocycles. The number of benzene rings is 1. The monoisotopic (exact) mass is 401 g/mol. The number of thiophene rings is 1. The predicted octanol–water partition coefficient (Wildman–Crippen LogP) is 2.42. The van der Waals surface area contributed by atoms with Gasteiger partial charge in [-0.25, -0.2) is 13.8 Å². The zero-order valence-electron chi connectivity index (χ0n) is 15.3. The van der Waals surface area contributed by atoms with Gasteiger partial charge in [0.05, 0.1) is 12.1 Å².